The summed E-state index contributed by atoms with van der Waals surface area (Å²) < 4.78 is 6.83. The molecule has 0 saturated heterocycles. The largest absolute Gasteiger partial charge is 0.506 e. The summed E-state index contributed by atoms with van der Waals surface area (Å²) in [5.41, 5.74) is 1.57. The van der Waals surface area contributed by atoms with Crippen molar-refractivity contribution in [2.24, 2.45) is 0 Å². The standard InChI is InChI=1S/C23H18ClN3O4/c1-31-20-8-3-2-5-15(20)12-27-13-25-17-6-4-7-18(21(17)23(27)30)26-22(29)14-9-10-19(28)16(24)11-14/h2-11,13,28H,12H2,1H3,(H,26,29). The predicted molar refractivity (Wildman–Crippen MR) is 119 cm³/mol. The van der Waals surface area contributed by atoms with E-state index in [0.717, 1.165) is 5.56 Å². The highest BCUT2D eigenvalue weighted by atomic mass is 35.5. The smallest absolute Gasteiger partial charge is 0.263 e. The number of nitrogens with one attached hydrogen (secondary N) is 1. The molecule has 7 nitrogen and oxygen atoms in total. The molecule has 0 fully saturated rings. The molecule has 1 aromatic heterocycles. The molecule has 0 spiro atoms. The van der Waals surface area contributed by atoms with Gasteiger partial charge in [-0.05, 0) is 36.4 Å². The highest BCUT2D eigenvalue weighted by Crippen LogP contribution is 2.25. The number of benzene rings is 3. The van der Waals surface area contributed by atoms with Gasteiger partial charge in [0.2, 0.25) is 0 Å². The number of ether oxygens (including phenoxy) is 1. The van der Waals surface area contributed by atoms with Crippen LogP contribution in [0.2, 0.25) is 5.02 Å². The summed E-state index contributed by atoms with van der Waals surface area (Å²) in [5.74, 6) is 0.0843. The number of anilines is 1. The number of hydrogen-bond acceptors (Lipinski definition) is 5. The first-order chi connectivity index (χ1) is 15.0. The Hall–Kier alpha value is -3.84. The molecule has 0 bridgehead atoms. The number of methoxy groups -OCH3 is 1. The lowest BCUT2D eigenvalue weighted by Gasteiger charge is -2.12. The van der Waals surface area contributed by atoms with Gasteiger partial charge in [-0.15, -0.1) is 0 Å². The molecule has 3 aromatic carbocycles. The number of carbonyl (C=O) groups excluding carboxylic acids is 1. The molecule has 2 N–H and O–H groups in total. The second-order valence-corrected chi connectivity index (χ2v) is 7.22. The summed E-state index contributed by atoms with van der Waals surface area (Å²) in [6.45, 7) is 0.266. The Kier molecular flexibility index (Phi) is 5.60. The Morgan fingerprint density at radius 3 is 2.74 bits per heavy atom. The SMILES string of the molecule is COc1ccccc1Cn1cnc2cccc(NC(=O)c3ccc(O)c(Cl)c3)c2c1=O. The van der Waals surface area contributed by atoms with Crippen LogP contribution in [-0.2, 0) is 6.54 Å². The number of phenolic OH excluding ortho intramolecular Hbond substituents is 1. The van der Waals surface area contributed by atoms with Crippen LogP contribution in [0.5, 0.6) is 11.5 Å². The Labute approximate surface area is 182 Å². The zero-order valence-corrected chi connectivity index (χ0v) is 17.3. The van der Waals surface area contributed by atoms with E-state index in [4.69, 9.17) is 16.3 Å². The molecule has 0 aliphatic rings. The van der Waals surface area contributed by atoms with Gasteiger partial charge in [0, 0.05) is 11.1 Å². The fourth-order valence-electron chi connectivity index (χ4n) is 3.28. The minimum Gasteiger partial charge on any atom is -0.506 e. The van der Waals surface area contributed by atoms with E-state index in [0.29, 0.717) is 17.0 Å². The maximum Gasteiger partial charge on any atom is 0.263 e. The van der Waals surface area contributed by atoms with E-state index in [9.17, 15) is 14.7 Å². The summed E-state index contributed by atoms with van der Waals surface area (Å²) in [5, 5.41) is 12.7. The number of hydrogen-bond donors (Lipinski definition) is 2. The van der Waals surface area contributed by atoms with E-state index in [1.807, 2.05) is 24.3 Å². The molecule has 156 valence electrons. The lowest BCUT2D eigenvalue weighted by Crippen LogP contribution is -2.23. The number of rotatable bonds is 5. The Morgan fingerprint density at radius 1 is 1.16 bits per heavy atom. The fourth-order valence-corrected chi connectivity index (χ4v) is 3.46. The van der Waals surface area contributed by atoms with Crippen molar-refractivity contribution in [1.82, 2.24) is 9.55 Å². The van der Waals surface area contributed by atoms with Gasteiger partial charge in [-0.3, -0.25) is 14.2 Å². The van der Waals surface area contributed by atoms with Gasteiger partial charge in [0.25, 0.3) is 11.5 Å². The summed E-state index contributed by atoms with van der Waals surface area (Å²) in [6, 6.07) is 16.6. The quantitative estimate of drug-likeness (QED) is 0.493. The molecule has 0 unspecified atom stereocenters. The van der Waals surface area contributed by atoms with Crippen molar-refractivity contribution < 1.29 is 14.6 Å². The molecule has 0 aliphatic carbocycles. The Bertz CT molecular complexity index is 1350. The fraction of sp³-hybridized carbons (Fsp3) is 0.0870. The average Bonchev–Trinajstić information content (AvgIpc) is 2.78. The van der Waals surface area contributed by atoms with Crippen molar-refractivity contribution in [1.29, 1.82) is 0 Å². The number of phenols is 1. The van der Waals surface area contributed by atoms with Gasteiger partial charge < -0.3 is 15.2 Å². The van der Waals surface area contributed by atoms with Crippen LogP contribution in [0.4, 0.5) is 5.69 Å². The van der Waals surface area contributed by atoms with Gasteiger partial charge in [-0.25, -0.2) is 4.98 Å². The van der Waals surface area contributed by atoms with Crippen LogP contribution in [0.15, 0.2) is 71.8 Å². The number of halogens is 1. The lowest BCUT2D eigenvalue weighted by atomic mass is 10.1. The van der Waals surface area contributed by atoms with Crippen molar-refractivity contribution in [2.75, 3.05) is 12.4 Å². The van der Waals surface area contributed by atoms with E-state index >= 15 is 0 Å². The maximum atomic E-state index is 13.2. The van der Waals surface area contributed by atoms with Gasteiger partial charge in [-0.2, -0.15) is 0 Å². The topological polar surface area (TPSA) is 93.4 Å². The second kappa shape index (κ2) is 8.49. The van der Waals surface area contributed by atoms with Gasteiger partial charge in [-0.1, -0.05) is 35.9 Å². The number of aromatic hydroxyl groups is 1. The summed E-state index contributed by atoms with van der Waals surface area (Å²) in [6.07, 6.45) is 1.47. The number of nitrogens with zero attached hydrogens (tertiary/aromatic N) is 2. The third-order valence-electron chi connectivity index (χ3n) is 4.84. The van der Waals surface area contributed by atoms with Crippen LogP contribution in [-0.4, -0.2) is 27.7 Å². The van der Waals surface area contributed by atoms with Crippen LogP contribution in [0, 0.1) is 0 Å². The van der Waals surface area contributed by atoms with Crippen molar-refractivity contribution in [3.8, 4) is 11.5 Å². The van der Waals surface area contributed by atoms with E-state index < -0.39 is 5.91 Å². The van der Waals surface area contributed by atoms with Gasteiger partial charge in [0.15, 0.2) is 0 Å². The number of carbonyl (C=O) groups is 1. The van der Waals surface area contributed by atoms with Crippen molar-refractivity contribution in [3.05, 3.63) is 93.5 Å². The van der Waals surface area contributed by atoms with Crippen molar-refractivity contribution in [3.63, 3.8) is 0 Å². The minimum atomic E-state index is -0.464. The summed E-state index contributed by atoms with van der Waals surface area (Å²) in [4.78, 5) is 30.3. The highest BCUT2D eigenvalue weighted by Gasteiger charge is 2.14. The third kappa shape index (κ3) is 4.08. The molecular weight excluding hydrogens is 418 g/mol. The van der Waals surface area contributed by atoms with Crippen LogP contribution < -0.4 is 15.6 Å². The molecule has 0 saturated carbocycles. The van der Waals surface area contributed by atoms with Crippen molar-refractivity contribution >= 4 is 34.1 Å². The second-order valence-electron chi connectivity index (χ2n) is 6.81. The van der Waals surface area contributed by atoms with E-state index in [-0.39, 0.29) is 33.8 Å². The molecule has 4 aromatic rings. The minimum absolute atomic E-state index is 0.0615. The maximum absolute atomic E-state index is 13.2. The molecule has 0 atom stereocenters. The number of para-hydroxylation sites is 1. The van der Waals surface area contributed by atoms with E-state index in [1.54, 1.807) is 25.3 Å². The first-order valence-corrected chi connectivity index (χ1v) is 9.75. The van der Waals surface area contributed by atoms with Crippen molar-refractivity contribution in [2.45, 2.75) is 6.54 Å². The average molecular weight is 436 g/mol. The zero-order valence-electron chi connectivity index (χ0n) is 16.5. The van der Waals surface area contributed by atoms with E-state index in [1.165, 1.54) is 29.1 Å². The monoisotopic (exact) mass is 435 g/mol. The van der Waals surface area contributed by atoms with E-state index in [2.05, 4.69) is 10.3 Å². The first kappa shape index (κ1) is 20.4. The van der Waals surface area contributed by atoms with Gasteiger partial charge in [0.05, 0.1) is 41.6 Å². The Morgan fingerprint density at radius 2 is 1.97 bits per heavy atom. The molecule has 1 heterocycles. The normalized spacial score (nSPS) is 10.8. The van der Waals surface area contributed by atoms with Crippen LogP contribution in [0.1, 0.15) is 15.9 Å². The molecule has 4 rings (SSSR count). The molecule has 0 radical (unpaired) electrons. The molecular formula is C23H18ClN3O4. The zero-order chi connectivity index (χ0) is 22.0. The van der Waals surface area contributed by atoms with Gasteiger partial charge >= 0.3 is 0 Å². The number of amides is 1. The molecule has 1 amide bonds. The molecule has 0 aliphatic heterocycles. The molecule has 8 heteroatoms. The summed E-state index contributed by atoms with van der Waals surface area (Å²) in [7, 11) is 1.57. The number of aromatic nitrogens is 2. The van der Waals surface area contributed by atoms with Crippen LogP contribution in [0.3, 0.4) is 0 Å². The number of fused-ring (bicyclic) bond motifs is 1. The third-order valence-corrected chi connectivity index (χ3v) is 5.15. The van der Waals surface area contributed by atoms with Crippen LogP contribution >= 0.6 is 11.6 Å². The van der Waals surface area contributed by atoms with Crippen LogP contribution in [0.25, 0.3) is 10.9 Å². The summed E-state index contributed by atoms with van der Waals surface area (Å²) >= 11 is 5.90. The first-order valence-electron chi connectivity index (χ1n) is 9.38. The lowest BCUT2D eigenvalue weighted by molar-refractivity contribution is 0.102. The highest BCUT2D eigenvalue weighted by molar-refractivity contribution is 6.32. The van der Waals surface area contributed by atoms with Gasteiger partial charge in [0.1, 0.15) is 11.5 Å². The molecule has 31 heavy (non-hydrogen) atoms. The predicted octanol–water partition coefficient (Wildman–Crippen LogP) is 4.06. The Balaban J connectivity index is 1.73.